The zero-order valence-electron chi connectivity index (χ0n) is 41.8. The molecule has 3 fully saturated rings. The zero-order chi connectivity index (χ0) is 51.8. The smallest absolute Gasteiger partial charge is 0.408 e. The molecular weight excluding hydrogens is 941 g/mol. The molecule has 21 heteroatoms. The van der Waals surface area contributed by atoms with Crippen LogP contribution in [0.3, 0.4) is 0 Å². The number of Topliss-reactive ketones (excluding diaryl/α,β-unsaturated/α-hetero) is 1. The third-order valence-electron chi connectivity index (χ3n) is 14.0. The maximum absolute atomic E-state index is 16.2. The van der Waals surface area contributed by atoms with Crippen molar-refractivity contribution in [1.82, 2.24) is 10.6 Å². The Morgan fingerprint density at radius 1 is 1.03 bits per heavy atom. The zero-order valence-corrected chi connectivity index (χ0v) is 43.4. The largest absolute Gasteiger partial charge is 0.497 e. The van der Waals surface area contributed by atoms with Gasteiger partial charge in [-0.2, -0.15) is 0 Å². The topological polar surface area (TPSA) is 261 Å². The number of fused-ring (bicyclic) bond motifs is 5. The first-order valence-corrected chi connectivity index (χ1v) is 25.3. The van der Waals surface area contributed by atoms with E-state index < -0.39 is 125 Å². The van der Waals surface area contributed by atoms with Gasteiger partial charge in [-0.15, -0.1) is 0 Å². The molecule has 1 amide bonds. The number of carbonyl (C=O) groups excluding carboxylic acids is 6. The molecule has 19 nitrogen and oxygen atoms in total. The Morgan fingerprint density at radius 3 is 2.23 bits per heavy atom. The number of ketones is 1. The minimum atomic E-state index is -2.58. The van der Waals surface area contributed by atoms with E-state index in [1.165, 1.54) is 94.8 Å². The van der Waals surface area contributed by atoms with Crippen molar-refractivity contribution < 1.29 is 82.0 Å². The Morgan fingerprint density at radius 2 is 1.70 bits per heavy atom. The molecule has 69 heavy (non-hydrogen) atoms. The summed E-state index contributed by atoms with van der Waals surface area (Å²) < 4.78 is 47.7. The van der Waals surface area contributed by atoms with Crippen LogP contribution in [0.5, 0.6) is 11.5 Å². The predicted molar refractivity (Wildman–Crippen MR) is 254 cm³/mol. The minimum absolute atomic E-state index is 0.0249. The number of hydrogen-bond acceptors (Lipinski definition) is 20. The Kier molecular flexibility index (Phi) is 16.7. The van der Waals surface area contributed by atoms with Gasteiger partial charge >= 0.3 is 30.0 Å². The van der Waals surface area contributed by atoms with Crippen molar-refractivity contribution in [3.63, 3.8) is 0 Å². The fraction of sp³-hybridized carbons (Fsp3) is 0.667. The molecule has 4 aliphatic rings. The van der Waals surface area contributed by atoms with Gasteiger partial charge in [-0.1, -0.05) is 47.1 Å². The fourth-order valence-corrected chi connectivity index (χ4v) is 11.8. The summed E-state index contributed by atoms with van der Waals surface area (Å²) >= 11 is 0. The number of methoxy groups -OCH3 is 2. The van der Waals surface area contributed by atoms with E-state index in [4.69, 9.17) is 37.9 Å². The lowest BCUT2D eigenvalue weighted by atomic mass is 9.41. The number of aliphatic hydroxyl groups excluding tert-OH is 2. The molecule has 5 N–H and O–H groups in total. The van der Waals surface area contributed by atoms with Crippen molar-refractivity contribution >= 4 is 57.3 Å². The number of amides is 1. The van der Waals surface area contributed by atoms with Crippen LogP contribution in [0.15, 0.2) is 41.0 Å². The van der Waals surface area contributed by atoms with Crippen LogP contribution in [0.1, 0.15) is 98.9 Å². The Bertz CT molecular complexity index is 2240. The van der Waals surface area contributed by atoms with Gasteiger partial charge in [0.05, 0.1) is 44.8 Å². The number of alkyl carbamates (subject to hydrolysis) is 1. The summed E-state index contributed by atoms with van der Waals surface area (Å²) in [4.78, 5) is 86.0. The van der Waals surface area contributed by atoms with Crippen LogP contribution in [0.2, 0.25) is 0 Å². The van der Waals surface area contributed by atoms with Crippen molar-refractivity contribution in [3.05, 3.63) is 46.6 Å². The van der Waals surface area contributed by atoms with E-state index in [2.05, 4.69) is 10.6 Å². The molecule has 1 heterocycles. The number of carbonyl (C=O) groups is 6. The van der Waals surface area contributed by atoms with Crippen molar-refractivity contribution in [2.75, 3.05) is 39.9 Å². The van der Waals surface area contributed by atoms with E-state index in [1.807, 2.05) is 6.26 Å². The van der Waals surface area contributed by atoms with Crippen LogP contribution < -0.4 is 20.1 Å². The van der Waals surface area contributed by atoms with E-state index >= 15 is 9.59 Å². The third-order valence-corrected chi connectivity index (χ3v) is 15.8. The van der Waals surface area contributed by atoms with E-state index in [9.17, 15) is 34.5 Å². The highest BCUT2D eigenvalue weighted by Crippen LogP contribution is 2.66. The van der Waals surface area contributed by atoms with Gasteiger partial charge < -0.3 is 63.8 Å². The Balaban J connectivity index is 1.85. The standard InChI is InChI=1S/C48H68N2O17S2/c1-24(2)19-29(50-42(58)67-43(5,6)7)36(54)40(57)63-31-22-46(59)41(65-39(56)28-20-27(60-12)15-16-30(28)61-13)48(49-11)45(10,32(52)21-33-47(48,23-62-33)66-26(4)51)38(55)37(35(25(31)3)44(46,8)9)64-34(53)17-18-69-68-14/h15-16,19-20,29,31-33,36-37,41,49,52,54,59H,17-18,21-23H2,1-14H3,(H,50,58)/t29-,31-,32-,33+,36+,37+,41?,45-,46+,47-,48+/m0/s1. The second-order valence-electron chi connectivity index (χ2n) is 19.8. The number of esters is 4. The first kappa shape index (κ1) is 55.5. The predicted octanol–water partition coefficient (Wildman–Crippen LogP) is 4.16. The van der Waals surface area contributed by atoms with E-state index in [0.29, 0.717) is 5.57 Å². The van der Waals surface area contributed by atoms with Crippen molar-refractivity contribution in [1.29, 1.82) is 0 Å². The summed E-state index contributed by atoms with van der Waals surface area (Å²) in [6, 6.07) is 2.94. The first-order chi connectivity index (χ1) is 32.1. The highest BCUT2D eigenvalue weighted by atomic mass is 33.1. The lowest BCUT2D eigenvalue weighted by Crippen LogP contribution is -2.94. The molecular formula is C48H68N2O17S2. The van der Waals surface area contributed by atoms with Gasteiger partial charge in [0.25, 0.3) is 0 Å². The van der Waals surface area contributed by atoms with Crippen LogP contribution in [0, 0.1) is 10.8 Å². The van der Waals surface area contributed by atoms with Crippen LogP contribution in [0.25, 0.3) is 0 Å². The van der Waals surface area contributed by atoms with E-state index in [0.717, 1.165) is 6.92 Å². The summed E-state index contributed by atoms with van der Waals surface area (Å²) in [5.74, 6) is -4.48. The van der Waals surface area contributed by atoms with Gasteiger partial charge in [-0.05, 0) is 91.1 Å². The number of ether oxygens (including phenoxy) is 8. The number of hydrogen-bond donors (Lipinski definition) is 5. The quantitative estimate of drug-likeness (QED) is 0.0512. The lowest BCUT2D eigenvalue weighted by molar-refractivity contribution is -0.359. The lowest BCUT2D eigenvalue weighted by Gasteiger charge is -2.72. The van der Waals surface area contributed by atoms with Crippen molar-refractivity contribution in [3.8, 4) is 11.5 Å². The highest BCUT2D eigenvalue weighted by Gasteiger charge is 2.85. The van der Waals surface area contributed by atoms with Crippen LogP contribution in [0.4, 0.5) is 4.79 Å². The molecule has 2 saturated carbocycles. The number of allylic oxidation sites excluding steroid dienone is 1. The summed E-state index contributed by atoms with van der Waals surface area (Å²) in [6.07, 6.45) is -9.37. The highest BCUT2D eigenvalue weighted by molar-refractivity contribution is 8.76. The first-order valence-electron chi connectivity index (χ1n) is 22.5. The van der Waals surface area contributed by atoms with E-state index in [-0.39, 0.29) is 46.8 Å². The van der Waals surface area contributed by atoms with Gasteiger partial charge in [0.15, 0.2) is 29.7 Å². The summed E-state index contributed by atoms with van der Waals surface area (Å²) in [6.45, 7) is 14.9. The Labute approximate surface area is 410 Å². The average molecular weight is 1010 g/mol. The van der Waals surface area contributed by atoms with Gasteiger partial charge in [0.2, 0.25) is 0 Å². The number of aliphatic hydroxyl groups is 3. The molecule has 1 aliphatic heterocycles. The van der Waals surface area contributed by atoms with Gasteiger partial charge in [0.1, 0.15) is 46.0 Å². The number of rotatable bonds is 16. The van der Waals surface area contributed by atoms with Crippen LogP contribution in [-0.4, -0.2) is 156 Å². The number of benzene rings is 1. The molecule has 11 atom stereocenters. The molecule has 3 aliphatic carbocycles. The van der Waals surface area contributed by atoms with Gasteiger partial charge in [0, 0.05) is 30.9 Å². The summed E-state index contributed by atoms with van der Waals surface area (Å²) in [7, 11) is 6.86. The molecule has 2 bridgehead atoms. The number of likely N-dealkylation sites (N-methyl/N-ethyl adjacent to an activating group) is 1. The van der Waals surface area contributed by atoms with Crippen LogP contribution in [-0.2, 0) is 47.6 Å². The second kappa shape index (κ2) is 20.8. The molecule has 1 unspecified atom stereocenters. The molecule has 0 aromatic heterocycles. The molecule has 1 aromatic rings. The maximum Gasteiger partial charge on any atom is 0.408 e. The van der Waals surface area contributed by atoms with Crippen molar-refractivity contribution in [2.45, 2.75) is 154 Å². The molecule has 0 spiro atoms. The third kappa shape index (κ3) is 9.85. The maximum atomic E-state index is 16.2. The normalized spacial score (nSPS) is 31.1. The summed E-state index contributed by atoms with van der Waals surface area (Å²) in [5, 5.41) is 44.0. The molecule has 384 valence electrons. The fourth-order valence-electron chi connectivity index (χ4n) is 10.7. The minimum Gasteiger partial charge on any atom is -0.497 e. The molecule has 1 aromatic carbocycles. The average Bonchev–Trinajstić information content (AvgIpc) is 3.25. The second-order valence-corrected chi connectivity index (χ2v) is 22.4. The number of nitrogens with one attached hydrogen (secondary N) is 2. The van der Waals surface area contributed by atoms with Gasteiger partial charge in [-0.25, -0.2) is 14.4 Å². The van der Waals surface area contributed by atoms with Crippen LogP contribution >= 0.6 is 21.6 Å². The molecule has 1 saturated heterocycles. The Hall–Kier alpha value is -4.38. The SMILES string of the molecule is CN[C@]12C(OC(=O)c3cc(OC)ccc3OC)[C@]3(O)C[C@H](OC(=O)[C@H](O)[C@H](C=C(C)C)NC(=O)OC(C)(C)C)C(C)=C([C@@H](OC(=O)CCSSC)C(=O)[C@]1(C)[C@@H](O)C[C@H]1OC[C@]12OC(C)=O)C3(C)C. The molecule has 5 rings (SSSR count). The summed E-state index contributed by atoms with van der Waals surface area (Å²) in [5.41, 5.74) is -11.5. The monoisotopic (exact) mass is 1010 g/mol. The van der Waals surface area contributed by atoms with E-state index in [1.54, 1.807) is 34.6 Å². The van der Waals surface area contributed by atoms with Gasteiger partial charge in [-0.3, -0.25) is 14.4 Å². The van der Waals surface area contributed by atoms with Crippen molar-refractivity contribution in [2.24, 2.45) is 10.8 Å². The molecule has 0 radical (unpaired) electrons.